The van der Waals surface area contributed by atoms with Gasteiger partial charge in [0.25, 0.3) is 5.56 Å². The van der Waals surface area contributed by atoms with Crippen molar-refractivity contribution < 1.29 is 4.79 Å². The van der Waals surface area contributed by atoms with Crippen LogP contribution in [0.1, 0.15) is 11.1 Å². The Bertz CT molecular complexity index is 1190. The second-order valence-electron chi connectivity index (χ2n) is 7.77. The molecule has 0 aliphatic heterocycles. The molecule has 1 aromatic heterocycles. The van der Waals surface area contributed by atoms with Crippen LogP contribution >= 0.6 is 0 Å². The number of benzene rings is 2. The van der Waals surface area contributed by atoms with Gasteiger partial charge in [0, 0.05) is 55.5 Å². The molecular formula is C25H28N4O2. The molecule has 160 valence electrons. The number of carbonyl (C=O) groups is 1. The Morgan fingerprint density at radius 2 is 1.77 bits per heavy atom. The van der Waals surface area contributed by atoms with Crippen LogP contribution in [-0.2, 0) is 11.8 Å². The molecule has 31 heavy (non-hydrogen) atoms. The second kappa shape index (κ2) is 8.92. The summed E-state index contributed by atoms with van der Waals surface area (Å²) in [6, 6.07) is 13.7. The molecule has 1 amide bonds. The molecule has 0 saturated carbocycles. The molecule has 0 saturated heterocycles. The van der Waals surface area contributed by atoms with Crippen LogP contribution in [0.25, 0.3) is 11.1 Å². The number of para-hydroxylation sites is 1. The van der Waals surface area contributed by atoms with Crippen molar-refractivity contribution in [2.45, 2.75) is 13.8 Å². The molecule has 0 aliphatic carbocycles. The normalized spacial score (nSPS) is 10.5. The van der Waals surface area contributed by atoms with Crippen LogP contribution in [0.5, 0.6) is 0 Å². The first kappa shape index (κ1) is 21.9. The molecule has 2 N–H and O–H groups in total. The summed E-state index contributed by atoms with van der Waals surface area (Å²) in [5, 5.41) is 6.37. The molecule has 2 aromatic carbocycles. The van der Waals surface area contributed by atoms with E-state index in [9.17, 15) is 9.59 Å². The molecule has 1 heterocycles. The number of anilines is 4. The van der Waals surface area contributed by atoms with Gasteiger partial charge in [-0.2, -0.15) is 0 Å². The molecule has 6 heteroatoms. The van der Waals surface area contributed by atoms with E-state index in [1.807, 2.05) is 44.4 Å². The minimum Gasteiger partial charge on any atom is -0.373 e. The third-order valence-electron chi connectivity index (χ3n) is 5.17. The van der Waals surface area contributed by atoms with Crippen molar-refractivity contribution in [1.29, 1.82) is 0 Å². The van der Waals surface area contributed by atoms with Crippen molar-refractivity contribution in [2.75, 3.05) is 29.6 Å². The lowest BCUT2D eigenvalue weighted by Crippen LogP contribution is -2.25. The first-order valence-electron chi connectivity index (χ1n) is 10.0. The number of nitrogens with one attached hydrogen (secondary N) is 2. The van der Waals surface area contributed by atoms with Crippen LogP contribution in [0.3, 0.4) is 0 Å². The zero-order valence-electron chi connectivity index (χ0n) is 18.6. The van der Waals surface area contributed by atoms with Crippen LogP contribution in [0.15, 0.2) is 66.1 Å². The smallest absolute Gasteiger partial charge is 0.273 e. The van der Waals surface area contributed by atoms with Crippen molar-refractivity contribution in [3.05, 3.63) is 82.8 Å². The van der Waals surface area contributed by atoms with Gasteiger partial charge in [-0.3, -0.25) is 9.59 Å². The fraction of sp³-hybridized carbons (Fsp3) is 0.200. The van der Waals surface area contributed by atoms with E-state index in [0.29, 0.717) is 11.4 Å². The first-order chi connectivity index (χ1) is 14.7. The fourth-order valence-corrected chi connectivity index (χ4v) is 3.47. The number of hydrogen-bond donors (Lipinski definition) is 2. The van der Waals surface area contributed by atoms with Crippen LogP contribution in [0, 0.1) is 13.8 Å². The predicted molar refractivity (Wildman–Crippen MR) is 129 cm³/mol. The maximum Gasteiger partial charge on any atom is 0.273 e. The monoisotopic (exact) mass is 416 g/mol. The third kappa shape index (κ3) is 4.69. The maximum atomic E-state index is 12.5. The van der Waals surface area contributed by atoms with Gasteiger partial charge >= 0.3 is 0 Å². The van der Waals surface area contributed by atoms with E-state index >= 15 is 0 Å². The van der Waals surface area contributed by atoms with Gasteiger partial charge in [0.15, 0.2) is 0 Å². The summed E-state index contributed by atoms with van der Waals surface area (Å²) in [5.74, 6) is -0.282. The number of carbonyl (C=O) groups excluding carboxylic acids is 1. The third-order valence-corrected chi connectivity index (χ3v) is 5.17. The summed E-state index contributed by atoms with van der Waals surface area (Å²) in [6.07, 6.45) is 3.04. The van der Waals surface area contributed by atoms with Gasteiger partial charge in [-0.25, -0.2) is 0 Å². The van der Waals surface area contributed by atoms with E-state index in [-0.39, 0.29) is 11.5 Å². The molecule has 3 rings (SSSR count). The zero-order chi connectivity index (χ0) is 22.7. The number of nitrogens with zero attached hydrogens (tertiary/aromatic N) is 2. The summed E-state index contributed by atoms with van der Waals surface area (Å²) in [4.78, 5) is 26.2. The van der Waals surface area contributed by atoms with Crippen molar-refractivity contribution in [2.24, 2.45) is 7.05 Å². The van der Waals surface area contributed by atoms with Crippen LogP contribution in [0.4, 0.5) is 22.7 Å². The first-order valence-corrected chi connectivity index (χ1v) is 10.0. The maximum absolute atomic E-state index is 12.5. The second-order valence-corrected chi connectivity index (χ2v) is 7.77. The highest BCUT2D eigenvalue weighted by Gasteiger charge is 2.14. The summed E-state index contributed by atoms with van der Waals surface area (Å²) in [5.41, 5.74) is 7.04. The summed E-state index contributed by atoms with van der Waals surface area (Å²) in [7, 11) is 5.43. The highest BCUT2D eigenvalue weighted by molar-refractivity contribution is 6.00. The molecule has 0 atom stereocenters. The molecule has 0 fully saturated rings. The van der Waals surface area contributed by atoms with E-state index < -0.39 is 0 Å². The van der Waals surface area contributed by atoms with Gasteiger partial charge < -0.3 is 20.1 Å². The van der Waals surface area contributed by atoms with Gasteiger partial charge in [-0.05, 0) is 55.3 Å². The fourth-order valence-electron chi connectivity index (χ4n) is 3.47. The largest absolute Gasteiger partial charge is 0.373 e. The number of aryl methyl sites for hydroxylation is 3. The minimum atomic E-state index is -0.282. The Labute approximate surface area is 182 Å². The number of amides is 1. The van der Waals surface area contributed by atoms with Crippen LogP contribution < -0.4 is 21.1 Å². The summed E-state index contributed by atoms with van der Waals surface area (Å²) < 4.78 is 1.57. The van der Waals surface area contributed by atoms with Crippen molar-refractivity contribution in [3.8, 4) is 11.1 Å². The Morgan fingerprint density at radius 1 is 1.10 bits per heavy atom. The number of aromatic nitrogens is 1. The minimum absolute atomic E-state index is 0.0749. The van der Waals surface area contributed by atoms with E-state index in [0.717, 1.165) is 33.6 Å². The average Bonchev–Trinajstić information content (AvgIpc) is 2.73. The number of rotatable bonds is 6. The Morgan fingerprint density at radius 3 is 2.39 bits per heavy atom. The number of pyridine rings is 1. The molecule has 0 radical (unpaired) electrons. The lowest BCUT2D eigenvalue weighted by molar-refractivity contribution is -0.111. The number of hydrogen-bond acceptors (Lipinski definition) is 4. The van der Waals surface area contributed by atoms with Gasteiger partial charge in [0.2, 0.25) is 5.91 Å². The zero-order valence-corrected chi connectivity index (χ0v) is 18.6. The van der Waals surface area contributed by atoms with Crippen molar-refractivity contribution in [1.82, 2.24) is 4.57 Å². The molecular weight excluding hydrogens is 388 g/mol. The van der Waals surface area contributed by atoms with Crippen molar-refractivity contribution >= 4 is 28.7 Å². The lowest BCUT2D eigenvalue weighted by atomic mass is 10.0. The van der Waals surface area contributed by atoms with E-state index in [1.54, 1.807) is 22.7 Å². The summed E-state index contributed by atoms with van der Waals surface area (Å²) >= 11 is 0. The van der Waals surface area contributed by atoms with Gasteiger partial charge in [-0.1, -0.05) is 24.8 Å². The van der Waals surface area contributed by atoms with E-state index in [1.165, 1.54) is 6.08 Å². The van der Waals surface area contributed by atoms with Crippen molar-refractivity contribution in [3.63, 3.8) is 0 Å². The van der Waals surface area contributed by atoms with Crippen LogP contribution in [0.2, 0.25) is 0 Å². The van der Waals surface area contributed by atoms with Gasteiger partial charge in [0.05, 0.1) is 0 Å². The highest BCUT2D eigenvalue weighted by atomic mass is 16.1. The Hall–Kier alpha value is -3.80. The Kier molecular flexibility index (Phi) is 6.30. The molecule has 0 unspecified atom stereocenters. The van der Waals surface area contributed by atoms with E-state index in [2.05, 4.69) is 43.2 Å². The summed E-state index contributed by atoms with van der Waals surface area (Å²) in [6.45, 7) is 7.63. The molecule has 0 spiro atoms. The van der Waals surface area contributed by atoms with Crippen LogP contribution in [-0.4, -0.2) is 24.6 Å². The molecule has 0 aliphatic rings. The highest BCUT2D eigenvalue weighted by Crippen LogP contribution is 2.35. The van der Waals surface area contributed by atoms with Gasteiger partial charge in [-0.15, -0.1) is 0 Å². The van der Waals surface area contributed by atoms with Gasteiger partial charge in [0.1, 0.15) is 5.69 Å². The predicted octanol–water partition coefficient (Wildman–Crippen LogP) is 4.60. The average molecular weight is 417 g/mol. The standard InChI is InChI=1S/C25H28N4O2/c1-7-23(30)26-19-11-12-21(27-24-16(2)9-8-10-17(24)3)20(14-19)18-13-22(28(4)5)25(31)29(6)15-18/h7-15,27H,1H2,2-6H3,(H,26,30). The molecule has 0 bridgehead atoms. The Balaban J connectivity index is 2.20. The SMILES string of the molecule is C=CC(=O)Nc1ccc(Nc2c(C)cccc2C)c(-c2cc(N(C)C)c(=O)n(C)c2)c1. The molecule has 6 nitrogen and oxygen atoms in total. The lowest BCUT2D eigenvalue weighted by Gasteiger charge is -2.19. The topological polar surface area (TPSA) is 66.4 Å². The molecule has 3 aromatic rings. The van der Waals surface area contributed by atoms with E-state index in [4.69, 9.17) is 0 Å². The quantitative estimate of drug-likeness (QED) is 0.576.